The number of carbonyl (C=O) groups excluding carboxylic acids is 2. The lowest BCUT2D eigenvalue weighted by Crippen LogP contribution is -2.27. The number of nitro benzene ring substituents is 1. The monoisotopic (exact) mass is 694 g/mol. The predicted molar refractivity (Wildman–Crippen MR) is 153 cm³/mol. The Hall–Kier alpha value is -2.90. The minimum Gasteiger partial charge on any atom is -0.490 e. The van der Waals surface area contributed by atoms with Gasteiger partial charge in [0.15, 0.2) is 11.5 Å². The van der Waals surface area contributed by atoms with Gasteiger partial charge in [-0.05, 0) is 116 Å². The van der Waals surface area contributed by atoms with Crippen LogP contribution in [0.2, 0.25) is 0 Å². The molecule has 0 aromatic heterocycles. The average Bonchev–Trinajstić information content (AvgIpc) is 3.12. The highest BCUT2D eigenvalue weighted by Crippen LogP contribution is 2.40. The molecule has 1 aliphatic heterocycles. The fraction of sp³-hybridized carbons (Fsp3) is 0.154. The smallest absolute Gasteiger partial charge is 0.293 e. The first kappa shape index (κ1) is 27.1. The highest BCUT2D eigenvalue weighted by atomic mass is 127. The van der Waals surface area contributed by atoms with E-state index in [0.29, 0.717) is 33.0 Å². The van der Waals surface area contributed by atoms with Crippen molar-refractivity contribution in [3.8, 4) is 11.5 Å². The molecule has 8 nitrogen and oxygen atoms in total. The second kappa shape index (κ2) is 12.1. The van der Waals surface area contributed by atoms with Crippen molar-refractivity contribution in [2.75, 3.05) is 6.61 Å². The molecule has 3 aromatic carbocycles. The van der Waals surface area contributed by atoms with Gasteiger partial charge in [-0.3, -0.25) is 24.6 Å². The summed E-state index contributed by atoms with van der Waals surface area (Å²) in [5.41, 5.74) is 2.30. The molecule has 1 saturated heterocycles. The topological polar surface area (TPSA) is 99.0 Å². The predicted octanol–water partition coefficient (Wildman–Crippen LogP) is 7.18. The highest BCUT2D eigenvalue weighted by Gasteiger charge is 2.35. The largest absolute Gasteiger partial charge is 0.490 e. The van der Waals surface area contributed by atoms with E-state index < -0.39 is 4.92 Å². The number of halogens is 2. The normalized spacial score (nSPS) is 14.4. The lowest BCUT2D eigenvalue weighted by Gasteiger charge is -2.15. The number of imide groups is 1. The van der Waals surface area contributed by atoms with E-state index in [2.05, 4.69) is 38.5 Å². The quantitative estimate of drug-likeness (QED) is 0.101. The molecule has 0 aliphatic carbocycles. The van der Waals surface area contributed by atoms with Crippen LogP contribution in [-0.4, -0.2) is 27.6 Å². The zero-order chi connectivity index (χ0) is 26.5. The number of ether oxygens (including phenoxy) is 2. The number of nitro groups is 1. The van der Waals surface area contributed by atoms with Crippen LogP contribution in [0, 0.1) is 13.7 Å². The van der Waals surface area contributed by atoms with Crippen molar-refractivity contribution in [1.82, 2.24) is 4.90 Å². The lowest BCUT2D eigenvalue weighted by atomic mass is 10.1. The SMILES string of the molecule is CCOc1cc(/C=C2\SC(=O)N(Cc3ccc(I)cc3)C2=O)cc(Br)c1OCc1ccc([N+](=O)[O-])cc1. The molecule has 4 rings (SSSR count). The number of nitrogens with zero attached hydrogens (tertiary/aromatic N) is 2. The maximum absolute atomic E-state index is 13.0. The van der Waals surface area contributed by atoms with Gasteiger partial charge in [0.2, 0.25) is 0 Å². The number of benzene rings is 3. The molecule has 3 aromatic rings. The fourth-order valence-corrected chi connectivity index (χ4v) is 5.28. The fourth-order valence-electron chi connectivity index (χ4n) is 3.50. The first-order valence-corrected chi connectivity index (χ1v) is 13.8. The molecule has 1 fully saturated rings. The van der Waals surface area contributed by atoms with E-state index >= 15 is 0 Å². The summed E-state index contributed by atoms with van der Waals surface area (Å²) < 4.78 is 13.4. The molecule has 37 heavy (non-hydrogen) atoms. The van der Waals surface area contributed by atoms with E-state index in [4.69, 9.17) is 9.47 Å². The molecule has 2 amide bonds. The summed E-state index contributed by atoms with van der Waals surface area (Å²) in [5.74, 6) is 0.577. The van der Waals surface area contributed by atoms with Crippen molar-refractivity contribution in [2.45, 2.75) is 20.1 Å². The van der Waals surface area contributed by atoms with Gasteiger partial charge in [0.25, 0.3) is 16.8 Å². The van der Waals surface area contributed by atoms with Gasteiger partial charge in [-0.1, -0.05) is 12.1 Å². The van der Waals surface area contributed by atoms with Gasteiger partial charge in [0, 0.05) is 15.7 Å². The zero-order valence-electron chi connectivity index (χ0n) is 19.5. The molecule has 1 heterocycles. The van der Waals surface area contributed by atoms with Crippen LogP contribution in [0.1, 0.15) is 23.6 Å². The van der Waals surface area contributed by atoms with E-state index in [0.717, 1.165) is 26.5 Å². The maximum atomic E-state index is 13.0. The van der Waals surface area contributed by atoms with Crippen molar-refractivity contribution in [1.29, 1.82) is 0 Å². The third-order valence-electron chi connectivity index (χ3n) is 5.29. The van der Waals surface area contributed by atoms with Crippen LogP contribution in [0.5, 0.6) is 11.5 Å². The Bertz CT molecular complexity index is 1380. The van der Waals surface area contributed by atoms with Crippen molar-refractivity contribution in [3.05, 3.63) is 100 Å². The van der Waals surface area contributed by atoms with Crippen LogP contribution in [0.4, 0.5) is 10.5 Å². The number of non-ortho nitro benzene ring substituents is 1. The molecule has 0 unspecified atom stereocenters. The molecular weight excluding hydrogens is 675 g/mol. The zero-order valence-corrected chi connectivity index (χ0v) is 24.0. The first-order chi connectivity index (χ1) is 17.7. The van der Waals surface area contributed by atoms with E-state index in [1.165, 1.54) is 17.0 Å². The Morgan fingerprint density at radius 1 is 1.05 bits per heavy atom. The lowest BCUT2D eigenvalue weighted by molar-refractivity contribution is -0.384. The molecule has 11 heteroatoms. The van der Waals surface area contributed by atoms with Crippen LogP contribution in [0.25, 0.3) is 6.08 Å². The van der Waals surface area contributed by atoms with E-state index in [-0.39, 0.29) is 30.0 Å². The van der Waals surface area contributed by atoms with E-state index in [1.54, 1.807) is 30.3 Å². The Morgan fingerprint density at radius 3 is 2.38 bits per heavy atom. The number of hydrogen-bond acceptors (Lipinski definition) is 7. The van der Waals surface area contributed by atoms with Crippen molar-refractivity contribution in [3.63, 3.8) is 0 Å². The maximum Gasteiger partial charge on any atom is 0.293 e. The summed E-state index contributed by atoms with van der Waals surface area (Å²) in [6, 6.07) is 17.3. The molecule has 0 N–H and O–H groups in total. The Labute approximate surface area is 239 Å². The van der Waals surface area contributed by atoms with Crippen LogP contribution in [0.3, 0.4) is 0 Å². The minimum absolute atomic E-state index is 0.00671. The van der Waals surface area contributed by atoms with E-state index in [9.17, 15) is 19.7 Å². The summed E-state index contributed by atoms with van der Waals surface area (Å²) in [4.78, 5) is 37.5. The molecule has 0 saturated carbocycles. The number of thioether (sulfide) groups is 1. The van der Waals surface area contributed by atoms with Crippen molar-refractivity contribution in [2.24, 2.45) is 0 Å². The van der Waals surface area contributed by atoms with Gasteiger partial charge in [0.05, 0.1) is 27.5 Å². The minimum atomic E-state index is -0.454. The van der Waals surface area contributed by atoms with Crippen LogP contribution in [-0.2, 0) is 17.9 Å². The highest BCUT2D eigenvalue weighted by molar-refractivity contribution is 14.1. The molecule has 190 valence electrons. The summed E-state index contributed by atoms with van der Waals surface area (Å²) in [5, 5.41) is 10.5. The van der Waals surface area contributed by atoms with E-state index in [1.807, 2.05) is 31.2 Å². The summed E-state index contributed by atoms with van der Waals surface area (Å²) >= 11 is 6.62. The number of rotatable bonds is 9. The second-order valence-corrected chi connectivity index (χ2v) is 11.0. The standard InChI is InChI=1S/C26H20BrIN2O6S/c1-2-35-22-12-18(11-21(27)24(22)36-15-17-5-9-20(10-6-17)30(33)34)13-23-25(31)29(26(32)37-23)14-16-3-7-19(28)8-4-16/h3-13H,2,14-15H2,1H3/b23-13-. The van der Waals surface area contributed by atoms with Gasteiger partial charge in [0.1, 0.15) is 6.61 Å². The third-order valence-corrected chi connectivity index (χ3v) is 7.50. The summed E-state index contributed by atoms with van der Waals surface area (Å²) in [6.45, 7) is 2.61. The molecule has 0 radical (unpaired) electrons. The van der Waals surface area contributed by atoms with Crippen molar-refractivity contribution >= 4 is 73.2 Å². The molecule has 1 aliphatic rings. The van der Waals surface area contributed by atoms with Crippen LogP contribution < -0.4 is 9.47 Å². The number of carbonyl (C=O) groups is 2. The van der Waals surface area contributed by atoms with Crippen LogP contribution >= 0.6 is 50.3 Å². The molecule has 0 bridgehead atoms. The molecule has 0 spiro atoms. The van der Waals surface area contributed by atoms with Gasteiger partial charge < -0.3 is 9.47 Å². The first-order valence-electron chi connectivity index (χ1n) is 11.1. The third kappa shape index (κ3) is 6.70. The Balaban J connectivity index is 1.52. The Kier molecular flexibility index (Phi) is 8.87. The van der Waals surface area contributed by atoms with Gasteiger partial charge in [-0.25, -0.2) is 0 Å². The number of hydrogen-bond donors (Lipinski definition) is 0. The summed E-state index contributed by atoms with van der Waals surface area (Å²) in [7, 11) is 0. The van der Waals surface area contributed by atoms with Gasteiger partial charge in [-0.15, -0.1) is 0 Å². The molecular formula is C26H20BrIN2O6S. The second-order valence-electron chi connectivity index (χ2n) is 7.87. The average molecular weight is 695 g/mol. The number of amides is 2. The van der Waals surface area contributed by atoms with Gasteiger partial charge in [-0.2, -0.15) is 0 Å². The van der Waals surface area contributed by atoms with Crippen molar-refractivity contribution < 1.29 is 24.0 Å². The molecule has 0 atom stereocenters. The summed E-state index contributed by atoms with van der Waals surface area (Å²) in [6.07, 6.45) is 1.66. The van der Waals surface area contributed by atoms with Crippen LogP contribution in [0.15, 0.2) is 70.0 Å². The Morgan fingerprint density at radius 2 is 1.73 bits per heavy atom. The van der Waals surface area contributed by atoms with Gasteiger partial charge >= 0.3 is 0 Å².